The van der Waals surface area contributed by atoms with E-state index in [1.807, 2.05) is 23.0 Å². The van der Waals surface area contributed by atoms with Gasteiger partial charge in [0.25, 0.3) is 0 Å². The number of rotatable bonds is 2. The summed E-state index contributed by atoms with van der Waals surface area (Å²) >= 11 is 0. The first-order valence-corrected chi connectivity index (χ1v) is 6.03. The minimum Gasteiger partial charge on any atom is -0.465 e. The second kappa shape index (κ2) is 4.84. The zero-order chi connectivity index (χ0) is 14.0. The lowest BCUT2D eigenvalue weighted by molar-refractivity contribution is 0.0601. The molecular formula is C14H17N3O2. The molecular weight excluding hydrogens is 242 g/mol. The number of nitrogens with zero attached hydrogens (tertiary/aromatic N) is 3. The maximum Gasteiger partial charge on any atom is 0.337 e. The summed E-state index contributed by atoms with van der Waals surface area (Å²) in [5, 5.41) is 8.26. The van der Waals surface area contributed by atoms with E-state index < -0.39 is 0 Å². The van der Waals surface area contributed by atoms with Gasteiger partial charge in [0, 0.05) is 5.56 Å². The summed E-state index contributed by atoms with van der Waals surface area (Å²) in [5.41, 5.74) is 2.13. The number of aromatic nitrogens is 3. The van der Waals surface area contributed by atoms with E-state index in [-0.39, 0.29) is 11.5 Å². The molecule has 0 amide bonds. The Balaban J connectivity index is 2.28. The van der Waals surface area contributed by atoms with Crippen molar-refractivity contribution in [3.63, 3.8) is 0 Å². The van der Waals surface area contributed by atoms with Gasteiger partial charge in [-0.25, -0.2) is 9.48 Å². The van der Waals surface area contributed by atoms with Crippen LogP contribution in [0, 0.1) is 0 Å². The van der Waals surface area contributed by atoms with Gasteiger partial charge in [-0.2, -0.15) is 0 Å². The number of carbonyl (C=O) groups excluding carboxylic acids is 1. The fourth-order valence-corrected chi connectivity index (χ4v) is 1.62. The maximum atomic E-state index is 11.3. The Kier molecular flexibility index (Phi) is 3.38. The van der Waals surface area contributed by atoms with Crippen LogP contribution < -0.4 is 0 Å². The highest BCUT2D eigenvalue weighted by Crippen LogP contribution is 2.20. The lowest BCUT2D eigenvalue weighted by Crippen LogP contribution is -2.22. The molecule has 0 atom stereocenters. The Morgan fingerprint density at radius 1 is 1.21 bits per heavy atom. The molecule has 1 aromatic carbocycles. The molecule has 5 heteroatoms. The monoisotopic (exact) mass is 259 g/mol. The topological polar surface area (TPSA) is 57.0 Å². The average molecular weight is 259 g/mol. The minimum atomic E-state index is -0.343. The van der Waals surface area contributed by atoms with E-state index in [0.29, 0.717) is 5.56 Å². The Morgan fingerprint density at radius 3 is 2.32 bits per heavy atom. The molecule has 1 heterocycles. The van der Waals surface area contributed by atoms with Crippen molar-refractivity contribution in [1.82, 2.24) is 15.0 Å². The molecule has 0 N–H and O–H groups in total. The molecule has 19 heavy (non-hydrogen) atoms. The van der Waals surface area contributed by atoms with Crippen molar-refractivity contribution in [3.8, 4) is 11.3 Å². The number of hydrogen-bond donors (Lipinski definition) is 0. The summed E-state index contributed by atoms with van der Waals surface area (Å²) in [7, 11) is 1.37. The van der Waals surface area contributed by atoms with Crippen LogP contribution in [0.25, 0.3) is 11.3 Å². The van der Waals surface area contributed by atoms with Gasteiger partial charge >= 0.3 is 5.97 Å². The number of methoxy groups -OCH3 is 1. The summed E-state index contributed by atoms with van der Waals surface area (Å²) in [6.07, 6.45) is 1.90. The van der Waals surface area contributed by atoms with E-state index in [2.05, 4.69) is 35.8 Å². The molecule has 5 nitrogen and oxygen atoms in total. The van der Waals surface area contributed by atoms with E-state index in [1.54, 1.807) is 12.1 Å². The zero-order valence-corrected chi connectivity index (χ0v) is 11.5. The van der Waals surface area contributed by atoms with Crippen molar-refractivity contribution < 1.29 is 9.53 Å². The summed E-state index contributed by atoms with van der Waals surface area (Å²) in [4.78, 5) is 11.3. The second-order valence-electron chi connectivity index (χ2n) is 5.29. The standard InChI is InChI=1S/C14H17N3O2/c1-14(2,3)17-9-12(15-16-17)10-5-7-11(8-6-10)13(18)19-4/h5-9H,1-4H3. The Morgan fingerprint density at radius 2 is 1.84 bits per heavy atom. The number of hydrogen-bond acceptors (Lipinski definition) is 4. The van der Waals surface area contributed by atoms with Gasteiger partial charge in [-0.1, -0.05) is 17.3 Å². The number of carbonyl (C=O) groups is 1. The predicted molar refractivity (Wildman–Crippen MR) is 71.8 cm³/mol. The van der Waals surface area contributed by atoms with E-state index in [9.17, 15) is 4.79 Å². The van der Waals surface area contributed by atoms with Crippen LogP contribution in [0.5, 0.6) is 0 Å². The molecule has 0 bridgehead atoms. The second-order valence-corrected chi connectivity index (χ2v) is 5.29. The predicted octanol–water partition coefficient (Wildman–Crippen LogP) is 2.49. The third kappa shape index (κ3) is 2.81. The van der Waals surface area contributed by atoms with Gasteiger partial charge in [0.2, 0.25) is 0 Å². The molecule has 0 aliphatic rings. The van der Waals surface area contributed by atoms with Crippen LogP contribution in [0.4, 0.5) is 0 Å². The van der Waals surface area contributed by atoms with Crippen LogP contribution in [0.2, 0.25) is 0 Å². The summed E-state index contributed by atoms with van der Waals surface area (Å²) < 4.78 is 6.48. The van der Waals surface area contributed by atoms with Crippen LogP contribution in [-0.4, -0.2) is 28.1 Å². The Labute approximate surface area is 112 Å². The molecule has 0 spiro atoms. The van der Waals surface area contributed by atoms with E-state index >= 15 is 0 Å². The first-order chi connectivity index (χ1) is 8.91. The average Bonchev–Trinajstić information content (AvgIpc) is 2.87. The molecule has 100 valence electrons. The number of benzene rings is 1. The lowest BCUT2D eigenvalue weighted by Gasteiger charge is -2.17. The molecule has 0 aliphatic carbocycles. The first kappa shape index (κ1) is 13.3. The Bertz CT molecular complexity index is 579. The van der Waals surface area contributed by atoms with Crippen molar-refractivity contribution in [2.45, 2.75) is 26.3 Å². The summed E-state index contributed by atoms with van der Waals surface area (Å²) in [5.74, 6) is -0.343. The first-order valence-electron chi connectivity index (χ1n) is 6.03. The van der Waals surface area contributed by atoms with Crippen molar-refractivity contribution in [3.05, 3.63) is 36.0 Å². The third-order valence-electron chi connectivity index (χ3n) is 2.78. The molecule has 2 aromatic rings. The molecule has 1 aromatic heterocycles. The molecule has 0 saturated heterocycles. The molecule has 0 unspecified atom stereocenters. The summed E-state index contributed by atoms with van der Waals surface area (Å²) in [6, 6.07) is 7.11. The van der Waals surface area contributed by atoms with Crippen LogP contribution in [0.15, 0.2) is 30.5 Å². The van der Waals surface area contributed by atoms with Crippen LogP contribution in [0.3, 0.4) is 0 Å². The lowest BCUT2D eigenvalue weighted by atomic mass is 10.1. The highest BCUT2D eigenvalue weighted by Gasteiger charge is 2.15. The quantitative estimate of drug-likeness (QED) is 0.777. The van der Waals surface area contributed by atoms with E-state index in [4.69, 9.17) is 0 Å². The fraction of sp³-hybridized carbons (Fsp3) is 0.357. The van der Waals surface area contributed by atoms with Gasteiger partial charge in [0.1, 0.15) is 5.69 Å². The van der Waals surface area contributed by atoms with E-state index in [0.717, 1.165) is 11.3 Å². The molecule has 2 rings (SSSR count). The smallest absolute Gasteiger partial charge is 0.337 e. The van der Waals surface area contributed by atoms with Gasteiger partial charge in [-0.15, -0.1) is 5.10 Å². The van der Waals surface area contributed by atoms with Crippen molar-refractivity contribution in [2.75, 3.05) is 7.11 Å². The number of esters is 1. The van der Waals surface area contributed by atoms with Crippen LogP contribution in [0.1, 0.15) is 31.1 Å². The van der Waals surface area contributed by atoms with Gasteiger partial charge in [0.15, 0.2) is 0 Å². The largest absolute Gasteiger partial charge is 0.465 e. The fourth-order valence-electron chi connectivity index (χ4n) is 1.62. The normalized spacial score (nSPS) is 11.4. The van der Waals surface area contributed by atoms with Crippen LogP contribution >= 0.6 is 0 Å². The highest BCUT2D eigenvalue weighted by atomic mass is 16.5. The zero-order valence-electron chi connectivity index (χ0n) is 11.5. The highest BCUT2D eigenvalue weighted by molar-refractivity contribution is 5.89. The van der Waals surface area contributed by atoms with Gasteiger partial charge in [0.05, 0.1) is 24.4 Å². The van der Waals surface area contributed by atoms with Gasteiger partial charge in [-0.3, -0.25) is 0 Å². The minimum absolute atomic E-state index is 0.1000. The molecule has 0 fully saturated rings. The Hall–Kier alpha value is -2.17. The van der Waals surface area contributed by atoms with Crippen molar-refractivity contribution in [2.24, 2.45) is 0 Å². The third-order valence-corrected chi connectivity index (χ3v) is 2.78. The maximum absolute atomic E-state index is 11.3. The van der Waals surface area contributed by atoms with E-state index in [1.165, 1.54) is 7.11 Å². The molecule has 0 aliphatic heterocycles. The van der Waals surface area contributed by atoms with Crippen molar-refractivity contribution in [1.29, 1.82) is 0 Å². The van der Waals surface area contributed by atoms with Gasteiger partial charge in [-0.05, 0) is 32.9 Å². The SMILES string of the molecule is COC(=O)c1ccc(-c2cn(C(C)(C)C)nn2)cc1. The summed E-state index contributed by atoms with van der Waals surface area (Å²) in [6.45, 7) is 6.18. The van der Waals surface area contributed by atoms with Crippen molar-refractivity contribution >= 4 is 5.97 Å². The molecule has 0 radical (unpaired) electrons. The van der Waals surface area contributed by atoms with Gasteiger partial charge < -0.3 is 4.74 Å². The number of ether oxygens (including phenoxy) is 1. The molecule has 0 saturated carbocycles. The van der Waals surface area contributed by atoms with Crippen LogP contribution in [-0.2, 0) is 10.3 Å².